The van der Waals surface area contributed by atoms with Gasteiger partial charge in [0.15, 0.2) is 0 Å². The zero-order chi connectivity index (χ0) is 16.7. The SMILES string of the molecule is Cc1nn(C)c(N2CCN(C(=O)C(C)(C)C)CC2)c1[N+](=O)[O-]. The van der Waals surface area contributed by atoms with Crippen molar-refractivity contribution in [2.45, 2.75) is 27.7 Å². The molecule has 0 saturated carbocycles. The highest BCUT2D eigenvalue weighted by Gasteiger charge is 2.33. The van der Waals surface area contributed by atoms with E-state index in [9.17, 15) is 14.9 Å². The molecule has 0 radical (unpaired) electrons. The van der Waals surface area contributed by atoms with E-state index in [1.165, 1.54) is 0 Å². The zero-order valence-electron chi connectivity index (χ0n) is 13.8. The second kappa shape index (κ2) is 5.58. The Morgan fingerprint density at radius 3 is 2.23 bits per heavy atom. The molecule has 122 valence electrons. The monoisotopic (exact) mass is 309 g/mol. The maximum atomic E-state index is 12.3. The quantitative estimate of drug-likeness (QED) is 0.608. The van der Waals surface area contributed by atoms with Crippen molar-refractivity contribution in [1.82, 2.24) is 14.7 Å². The minimum atomic E-state index is -0.405. The van der Waals surface area contributed by atoms with Crippen molar-refractivity contribution in [3.05, 3.63) is 15.8 Å². The number of hydrogen-bond donors (Lipinski definition) is 0. The molecule has 22 heavy (non-hydrogen) atoms. The molecule has 8 heteroatoms. The molecule has 1 aromatic heterocycles. The summed E-state index contributed by atoms with van der Waals surface area (Å²) in [7, 11) is 1.71. The van der Waals surface area contributed by atoms with Crippen LogP contribution in [0.2, 0.25) is 0 Å². The Kier molecular flexibility index (Phi) is 4.12. The van der Waals surface area contributed by atoms with Crippen LogP contribution in [0.15, 0.2) is 0 Å². The predicted molar refractivity (Wildman–Crippen MR) is 82.8 cm³/mol. The van der Waals surface area contributed by atoms with Crippen LogP contribution in [0, 0.1) is 22.5 Å². The molecule has 0 spiro atoms. The van der Waals surface area contributed by atoms with E-state index < -0.39 is 5.41 Å². The third-order valence-electron chi connectivity index (χ3n) is 3.85. The second-order valence-electron chi connectivity index (χ2n) is 6.67. The lowest BCUT2D eigenvalue weighted by atomic mass is 9.94. The number of aromatic nitrogens is 2. The number of anilines is 1. The first-order chi connectivity index (χ1) is 10.1. The van der Waals surface area contributed by atoms with E-state index in [-0.39, 0.29) is 16.5 Å². The molecule has 0 bridgehead atoms. The molecule has 1 aromatic rings. The van der Waals surface area contributed by atoms with E-state index in [0.717, 1.165) is 0 Å². The molecule has 1 amide bonds. The van der Waals surface area contributed by atoms with Crippen LogP contribution in [0.1, 0.15) is 26.5 Å². The van der Waals surface area contributed by atoms with Crippen LogP contribution in [0.25, 0.3) is 0 Å². The van der Waals surface area contributed by atoms with E-state index in [1.54, 1.807) is 18.7 Å². The van der Waals surface area contributed by atoms with Crippen LogP contribution in [-0.2, 0) is 11.8 Å². The number of hydrogen-bond acceptors (Lipinski definition) is 5. The third kappa shape index (κ3) is 2.90. The van der Waals surface area contributed by atoms with Gasteiger partial charge in [0.05, 0.1) is 4.92 Å². The Morgan fingerprint density at radius 1 is 1.23 bits per heavy atom. The molecule has 1 fully saturated rings. The van der Waals surface area contributed by atoms with E-state index in [0.29, 0.717) is 37.7 Å². The highest BCUT2D eigenvalue weighted by molar-refractivity contribution is 5.81. The lowest BCUT2D eigenvalue weighted by Crippen LogP contribution is -2.52. The van der Waals surface area contributed by atoms with Gasteiger partial charge in [-0.05, 0) is 6.92 Å². The molecule has 0 unspecified atom stereocenters. The number of amides is 1. The van der Waals surface area contributed by atoms with Gasteiger partial charge in [-0.2, -0.15) is 5.10 Å². The van der Waals surface area contributed by atoms with Gasteiger partial charge in [-0.3, -0.25) is 14.9 Å². The Hall–Kier alpha value is -2.12. The van der Waals surface area contributed by atoms with Crippen molar-refractivity contribution >= 4 is 17.4 Å². The van der Waals surface area contributed by atoms with Gasteiger partial charge >= 0.3 is 5.69 Å². The van der Waals surface area contributed by atoms with E-state index >= 15 is 0 Å². The van der Waals surface area contributed by atoms with Crippen LogP contribution in [0.3, 0.4) is 0 Å². The number of carbonyl (C=O) groups excluding carboxylic acids is 1. The Balaban J connectivity index is 2.16. The molecule has 0 N–H and O–H groups in total. The van der Waals surface area contributed by atoms with Crippen molar-refractivity contribution in [3.63, 3.8) is 0 Å². The molecule has 1 saturated heterocycles. The van der Waals surface area contributed by atoms with Crippen molar-refractivity contribution < 1.29 is 9.72 Å². The molecule has 0 atom stereocenters. The second-order valence-corrected chi connectivity index (χ2v) is 6.67. The summed E-state index contributed by atoms with van der Waals surface area (Å²) < 4.78 is 1.55. The third-order valence-corrected chi connectivity index (χ3v) is 3.85. The van der Waals surface area contributed by atoms with Crippen LogP contribution in [0.5, 0.6) is 0 Å². The average molecular weight is 309 g/mol. The van der Waals surface area contributed by atoms with Crippen LogP contribution >= 0.6 is 0 Å². The van der Waals surface area contributed by atoms with Crippen molar-refractivity contribution in [2.24, 2.45) is 12.5 Å². The van der Waals surface area contributed by atoms with Gasteiger partial charge in [-0.1, -0.05) is 20.8 Å². The number of nitrogens with zero attached hydrogens (tertiary/aromatic N) is 5. The van der Waals surface area contributed by atoms with Gasteiger partial charge in [0.1, 0.15) is 5.69 Å². The van der Waals surface area contributed by atoms with Crippen LogP contribution in [0.4, 0.5) is 11.5 Å². The molecule has 1 aliphatic heterocycles. The fourth-order valence-electron chi connectivity index (χ4n) is 2.80. The molecule has 0 aromatic carbocycles. The van der Waals surface area contributed by atoms with E-state index in [2.05, 4.69) is 5.10 Å². The van der Waals surface area contributed by atoms with Crippen LogP contribution in [-0.4, -0.2) is 51.7 Å². The highest BCUT2D eigenvalue weighted by Crippen LogP contribution is 2.31. The Labute approximate surface area is 129 Å². The molecule has 0 aliphatic carbocycles. The summed E-state index contributed by atoms with van der Waals surface area (Å²) >= 11 is 0. The summed E-state index contributed by atoms with van der Waals surface area (Å²) in [6, 6.07) is 0. The molecule has 1 aliphatic rings. The lowest BCUT2D eigenvalue weighted by Gasteiger charge is -2.38. The van der Waals surface area contributed by atoms with Gasteiger partial charge in [0.25, 0.3) is 0 Å². The first-order valence-corrected chi connectivity index (χ1v) is 7.35. The molecular formula is C14H23N5O3. The van der Waals surface area contributed by atoms with Crippen molar-refractivity contribution in [2.75, 3.05) is 31.1 Å². The largest absolute Gasteiger partial charge is 0.348 e. The standard InChI is InChI=1S/C14H23N5O3/c1-10-11(19(21)22)12(16(5)15-10)17-6-8-18(9-7-17)13(20)14(2,3)4/h6-9H2,1-5H3. The zero-order valence-corrected chi connectivity index (χ0v) is 13.8. The summed E-state index contributed by atoms with van der Waals surface area (Å²) in [5.74, 6) is 0.633. The fraction of sp³-hybridized carbons (Fsp3) is 0.714. The van der Waals surface area contributed by atoms with E-state index in [1.807, 2.05) is 30.6 Å². The van der Waals surface area contributed by atoms with Gasteiger partial charge in [0.2, 0.25) is 11.7 Å². The van der Waals surface area contributed by atoms with Gasteiger partial charge in [-0.15, -0.1) is 0 Å². The first kappa shape index (κ1) is 16.3. The number of aryl methyl sites for hydroxylation is 2. The van der Waals surface area contributed by atoms with Gasteiger partial charge < -0.3 is 9.80 Å². The van der Waals surface area contributed by atoms with Crippen molar-refractivity contribution in [1.29, 1.82) is 0 Å². The number of nitro groups is 1. The van der Waals surface area contributed by atoms with Gasteiger partial charge in [-0.25, -0.2) is 4.68 Å². The van der Waals surface area contributed by atoms with Gasteiger partial charge in [0, 0.05) is 38.6 Å². The fourth-order valence-corrected chi connectivity index (χ4v) is 2.80. The highest BCUT2D eigenvalue weighted by atomic mass is 16.6. The topological polar surface area (TPSA) is 84.5 Å². The van der Waals surface area contributed by atoms with Crippen LogP contribution < -0.4 is 4.90 Å². The maximum Gasteiger partial charge on any atom is 0.333 e. The molecule has 2 heterocycles. The first-order valence-electron chi connectivity index (χ1n) is 7.35. The molecule has 2 rings (SSSR count). The summed E-state index contributed by atoms with van der Waals surface area (Å²) in [6.07, 6.45) is 0. The summed E-state index contributed by atoms with van der Waals surface area (Å²) in [5, 5.41) is 15.4. The maximum absolute atomic E-state index is 12.3. The smallest absolute Gasteiger partial charge is 0.333 e. The minimum absolute atomic E-state index is 0.0538. The number of carbonyl (C=O) groups is 1. The lowest BCUT2D eigenvalue weighted by molar-refractivity contribution is -0.384. The predicted octanol–water partition coefficient (Wildman–Crippen LogP) is 1.33. The number of piperazine rings is 1. The number of rotatable bonds is 2. The minimum Gasteiger partial charge on any atom is -0.348 e. The summed E-state index contributed by atoms with van der Waals surface area (Å²) in [5.41, 5.74) is 0.0610. The molecular weight excluding hydrogens is 286 g/mol. The van der Waals surface area contributed by atoms with Crippen molar-refractivity contribution in [3.8, 4) is 0 Å². The van der Waals surface area contributed by atoms with E-state index in [4.69, 9.17) is 0 Å². The Bertz CT molecular complexity index is 594. The average Bonchev–Trinajstić information content (AvgIpc) is 2.72. The Morgan fingerprint density at radius 2 is 1.77 bits per heavy atom. The summed E-state index contributed by atoms with van der Waals surface area (Å²) in [4.78, 5) is 26.9. The normalized spacial score (nSPS) is 16.0. The summed E-state index contributed by atoms with van der Waals surface area (Å²) in [6.45, 7) is 9.62. The molecule has 8 nitrogen and oxygen atoms in total.